The van der Waals surface area contributed by atoms with Gasteiger partial charge in [-0.1, -0.05) is 25.5 Å². The van der Waals surface area contributed by atoms with Gasteiger partial charge < -0.3 is 9.47 Å². The second-order valence-electron chi connectivity index (χ2n) is 6.06. The number of fused-ring (bicyclic) bond motifs is 1. The Bertz CT molecular complexity index is 390. The highest BCUT2D eigenvalue weighted by molar-refractivity contribution is 5.36. The van der Waals surface area contributed by atoms with Gasteiger partial charge in [-0.05, 0) is 42.6 Å². The molecule has 2 atom stereocenters. The van der Waals surface area contributed by atoms with E-state index in [0.717, 1.165) is 26.1 Å². The molecule has 18 heavy (non-hydrogen) atoms. The van der Waals surface area contributed by atoms with Gasteiger partial charge in [0.1, 0.15) is 0 Å². The van der Waals surface area contributed by atoms with E-state index in [0.29, 0.717) is 11.3 Å². The topological polar surface area (TPSA) is 18.5 Å². The average Bonchev–Trinajstić information content (AvgIpc) is 2.96. The van der Waals surface area contributed by atoms with Crippen molar-refractivity contribution in [1.29, 1.82) is 0 Å². The molecule has 1 aliphatic heterocycles. The maximum absolute atomic E-state index is 6.00. The minimum absolute atomic E-state index is 0.313. The Morgan fingerprint density at radius 3 is 2.67 bits per heavy atom. The molecule has 0 unspecified atom stereocenters. The molecule has 1 saturated carbocycles. The molecule has 100 valence electrons. The van der Waals surface area contributed by atoms with Crippen LogP contribution >= 0.6 is 0 Å². The zero-order valence-electron chi connectivity index (χ0n) is 11.6. The Balaban J connectivity index is 2.07. The van der Waals surface area contributed by atoms with E-state index < -0.39 is 0 Å². The second-order valence-corrected chi connectivity index (χ2v) is 6.06. The summed E-state index contributed by atoms with van der Waals surface area (Å²) < 4.78 is 12.0. The van der Waals surface area contributed by atoms with Gasteiger partial charge in [-0.25, -0.2) is 0 Å². The molecular weight excluding hydrogens is 224 g/mol. The van der Waals surface area contributed by atoms with Gasteiger partial charge in [-0.2, -0.15) is 0 Å². The lowest BCUT2D eigenvalue weighted by Crippen LogP contribution is -2.41. The fourth-order valence-corrected chi connectivity index (χ4v) is 4.40. The molecule has 0 aromatic rings. The van der Waals surface area contributed by atoms with Crippen LogP contribution in [0.25, 0.3) is 0 Å². The Labute approximate surface area is 110 Å². The number of ether oxygens (including phenoxy) is 2. The summed E-state index contributed by atoms with van der Waals surface area (Å²) in [4.78, 5) is 0. The normalized spacial score (nSPS) is 38.2. The predicted octanol–water partition coefficient (Wildman–Crippen LogP) is 3.83. The van der Waals surface area contributed by atoms with E-state index in [1.54, 1.807) is 5.57 Å². The van der Waals surface area contributed by atoms with Crippen molar-refractivity contribution in [2.45, 2.75) is 51.7 Å². The van der Waals surface area contributed by atoms with Crippen molar-refractivity contribution in [2.24, 2.45) is 11.3 Å². The monoisotopic (exact) mass is 248 g/mol. The molecule has 2 nitrogen and oxygen atoms in total. The Hall–Kier alpha value is -0.600. The van der Waals surface area contributed by atoms with Crippen LogP contribution in [-0.4, -0.2) is 19.0 Å². The zero-order valence-corrected chi connectivity index (χ0v) is 11.6. The summed E-state index contributed by atoms with van der Waals surface area (Å²) in [6, 6.07) is 0. The fourth-order valence-electron chi connectivity index (χ4n) is 4.40. The Morgan fingerprint density at radius 2 is 2.06 bits per heavy atom. The SMILES string of the molecule is C=C[C@@H]1CCC2=C(CC)C3(CC[C@]21C)OCCO3. The van der Waals surface area contributed by atoms with Gasteiger partial charge in [0.05, 0.1) is 13.2 Å². The highest BCUT2D eigenvalue weighted by atomic mass is 16.7. The quantitative estimate of drug-likeness (QED) is 0.691. The summed E-state index contributed by atoms with van der Waals surface area (Å²) >= 11 is 0. The molecule has 2 heteroatoms. The van der Waals surface area contributed by atoms with Gasteiger partial charge >= 0.3 is 0 Å². The number of hydrogen-bond acceptors (Lipinski definition) is 2. The molecule has 0 aromatic heterocycles. The summed E-state index contributed by atoms with van der Waals surface area (Å²) in [5.41, 5.74) is 3.37. The molecule has 0 amide bonds. The van der Waals surface area contributed by atoms with Gasteiger partial charge in [-0.15, -0.1) is 6.58 Å². The predicted molar refractivity (Wildman–Crippen MR) is 72.2 cm³/mol. The molecule has 2 aliphatic carbocycles. The number of rotatable bonds is 2. The van der Waals surface area contributed by atoms with E-state index in [4.69, 9.17) is 9.47 Å². The first-order chi connectivity index (χ1) is 8.66. The summed E-state index contributed by atoms with van der Waals surface area (Å²) in [6.07, 6.45) is 7.84. The molecule has 0 bridgehead atoms. The Morgan fingerprint density at radius 1 is 1.33 bits per heavy atom. The Kier molecular flexibility index (Phi) is 2.91. The van der Waals surface area contributed by atoms with Crippen LogP contribution in [-0.2, 0) is 9.47 Å². The lowest BCUT2D eigenvalue weighted by molar-refractivity contribution is -0.144. The molecule has 3 rings (SSSR count). The maximum atomic E-state index is 6.00. The summed E-state index contributed by atoms with van der Waals surface area (Å²) in [5.74, 6) is 0.271. The highest BCUT2D eigenvalue weighted by Gasteiger charge is 2.53. The van der Waals surface area contributed by atoms with Crippen molar-refractivity contribution in [3.05, 3.63) is 23.8 Å². The van der Waals surface area contributed by atoms with E-state index in [9.17, 15) is 0 Å². The van der Waals surface area contributed by atoms with Gasteiger partial charge in [0.2, 0.25) is 0 Å². The molecule has 0 aromatic carbocycles. The third-order valence-corrected chi connectivity index (χ3v) is 5.40. The lowest BCUT2D eigenvalue weighted by Gasteiger charge is -2.44. The van der Waals surface area contributed by atoms with Crippen LogP contribution in [0.4, 0.5) is 0 Å². The summed E-state index contributed by atoms with van der Waals surface area (Å²) in [7, 11) is 0. The maximum Gasteiger partial charge on any atom is 0.191 e. The first-order valence-corrected chi connectivity index (χ1v) is 7.30. The van der Waals surface area contributed by atoms with Crippen molar-refractivity contribution in [3.63, 3.8) is 0 Å². The molecule has 0 radical (unpaired) electrons. The van der Waals surface area contributed by atoms with E-state index in [-0.39, 0.29) is 5.79 Å². The second kappa shape index (κ2) is 4.21. The summed E-state index contributed by atoms with van der Waals surface area (Å²) in [5, 5.41) is 0. The van der Waals surface area contributed by atoms with E-state index in [1.165, 1.54) is 24.8 Å². The van der Waals surface area contributed by atoms with E-state index >= 15 is 0 Å². The third kappa shape index (κ3) is 1.48. The van der Waals surface area contributed by atoms with Crippen molar-refractivity contribution in [3.8, 4) is 0 Å². The highest BCUT2D eigenvalue weighted by Crippen LogP contribution is 2.59. The minimum atomic E-state index is -0.361. The van der Waals surface area contributed by atoms with Crippen LogP contribution in [0.15, 0.2) is 23.8 Å². The standard InChI is InChI=1S/C16H24O2/c1-4-12-6-7-14-13(5-2)16(17-10-11-18-16)9-8-15(12,14)3/h4,12H,1,5-11H2,2-3H3/t12-,15+/m1/s1. The molecule has 2 fully saturated rings. The van der Waals surface area contributed by atoms with Gasteiger partial charge in [0, 0.05) is 6.42 Å². The molecule has 1 heterocycles. The largest absolute Gasteiger partial charge is 0.344 e. The van der Waals surface area contributed by atoms with Gasteiger partial charge in [-0.3, -0.25) is 0 Å². The molecule has 0 N–H and O–H groups in total. The van der Waals surface area contributed by atoms with E-state index in [1.807, 2.05) is 0 Å². The lowest BCUT2D eigenvalue weighted by atomic mass is 9.66. The number of allylic oxidation sites excluding steroid dienone is 2. The average molecular weight is 248 g/mol. The molecule has 3 aliphatic rings. The summed E-state index contributed by atoms with van der Waals surface area (Å²) in [6.45, 7) is 10.2. The minimum Gasteiger partial charge on any atom is -0.344 e. The van der Waals surface area contributed by atoms with Crippen LogP contribution < -0.4 is 0 Å². The first kappa shape index (κ1) is 12.4. The molecule has 1 spiro atoms. The zero-order chi connectivity index (χ0) is 12.8. The smallest absolute Gasteiger partial charge is 0.191 e. The van der Waals surface area contributed by atoms with Crippen LogP contribution in [0.5, 0.6) is 0 Å². The first-order valence-electron chi connectivity index (χ1n) is 7.30. The van der Waals surface area contributed by atoms with Crippen LogP contribution in [0, 0.1) is 11.3 Å². The van der Waals surface area contributed by atoms with E-state index in [2.05, 4.69) is 26.5 Å². The van der Waals surface area contributed by atoms with Crippen LogP contribution in [0.2, 0.25) is 0 Å². The van der Waals surface area contributed by atoms with Crippen molar-refractivity contribution in [1.82, 2.24) is 0 Å². The van der Waals surface area contributed by atoms with Gasteiger partial charge in [0.25, 0.3) is 0 Å². The van der Waals surface area contributed by atoms with Crippen LogP contribution in [0.1, 0.15) is 46.0 Å². The third-order valence-electron chi connectivity index (χ3n) is 5.40. The van der Waals surface area contributed by atoms with Crippen molar-refractivity contribution >= 4 is 0 Å². The van der Waals surface area contributed by atoms with Crippen LogP contribution in [0.3, 0.4) is 0 Å². The van der Waals surface area contributed by atoms with Gasteiger partial charge in [0.15, 0.2) is 5.79 Å². The van der Waals surface area contributed by atoms with Crippen molar-refractivity contribution in [2.75, 3.05) is 13.2 Å². The fraction of sp³-hybridized carbons (Fsp3) is 0.750. The number of hydrogen-bond donors (Lipinski definition) is 0. The molecule has 1 saturated heterocycles. The molecular formula is C16H24O2. The van der Waals surface area contributed by atoms with Crippen molar-refractivity contribution < 1.29 is 9.47 Å².